The van der Waals surface area contributed by atoms with E-state index in [-0.39, 0.29) is 12.1 Å². The summed E-state index contributed by atoms with van der Waals surface area (Å²) in [5.74, 6) is 0.569. The Morgan fingerprint density at radius 1 is 1.26 bits per heavy atom. The Labute approximate surface area is 121 Å². The maximum absolute atomic E-state index is 6.45. The third-order valence-electron chi connectivity index (χ3n) is 4.09. The summed E-state index contributed by atoms with van der Waals surface area (Å²) in [6.45, 7) is 2.74. The normalized spacial score (nSPS) is 20.2. The molecule has 0 aromatic heterocycles. The van der Waals surface area contributed by atoms with Crippen LogP contribution in [0.15, 0.2) is 24.3 Å². The van der Waals surface area contributed by atoms with Crippen LogP contribution < -0.4 is 5.73 Å². The molecule has 1 aromatic carbocycles. The lowest BCUT2D eigenvalue weighted by Gasteiger charge is -2.34. The average Bonchev–Trinajstić information content (AvgIpc) is 2.45. The second-order valence-electron chi connectivity index (χ2n) is 5.37. The molecular formula is C16H24ClNO. The quantitative estimate of drug-likeness (QED) is 0.872. The van der Waals surface area contributed by atoms with Crippen LogP contribution in [0.1, 0.15) is 50.6 Å². The van der Waals surface area contributed by atoms with Crippen LogP contribution in [0.5, 0.6) is 0 Å². The zero-order chi connectivity index (χ0) is 13.7. The van der Waals surface area contributed by atoms with Crippen molar-refractivity contribution in [3.05, 3.63) is 34.9 Å². The van der Waals surface area contributed by atoms with Crippen LogP contribution in [0.4, 0.5) is 0 Å². The minimum absolute atomic E-state index is 0.0881. The molecule has 2 rings (SSSR count). The van der Waals surface area contributed by atoms with Crippen molar-refractivity contribution in [2.24, 2.45) is 11.7 Å². The number of hydrogen-bond donors (Lipinski definition) is 1. The van der Waals surface area contributed by atoms with E-state index in [1.165, 1.54) is 32.1 Å². The highest BCUT2D eigenvalue weighted by molar-refractivity contribution is 6.31. The fraction of sp³-hybridized carbons (Fsp3) is 0.625. The summed E-state index contributed by atoms with van der Waals surface area (Å²) >= 11 is 6.27. The monoisotopic (exact) mass is 281 g/mol. The third kappa shape index (κ3) is 3.71. The highest BCUT2D eigenvalue weighted by Crippen LogP contribution is 2.35. The van der Waals surface area contributed by atoms with Crippen molar-refractivity contribution < 1.29 is 4.74 Å². The molecule has 0 heterocycles. The summed E-state index contributed by atoms with van der Waals surface area (Å²) in [6, 6.07) is 7.72. The molecular weight excluding hydrogens is 258 g/mol. The third-order valence-corrected chi connectivity index (χ3v) is 4.44. The van der Waals surface area contributed by atoms with Crippen molar-refractivity contribution in [2.75, 3.05) is 6.61 Å². The highest BCUT2D eigenvalue weighted by atomic mass is 35.5. The Morgan fingerprint density at radius 2 is 1.95 bits per heavy atom. The van der Waals surface area contributed by atoms with Crippen LogP contribution in [0.2, 0.25) is 5.02 Å². The van der Waals surface area contributed by atoms with Gasteiger partial charge in [-0.1, -0.05) is 49.1 Å². The Bertz CT molecular complexity index is 390. The van der Waals surface area contributed by atoms with Gasteiger partial charge in [-0.05, 0) is 37.3 Å². The smallest absolute Gasteiger partial charge is 0.0796 e. The topological polar surface area (TPSA) is 35.2 Å². The predicted octanol–water partition coefficient (Wildman–Crippen LogP) is 4.33. The largest absolute Gasteiger partial charge is 0.376 e. The predicted molar refractivity (Wildman–Crippen MR) is 80.4 cm³/mol. The van der Waals surface area contributed by atoms with Gasteiger partial charge in [-0.3, -0.25) is 0 Å². The summed E-state index contributed by atoms with van der Waals surface area (Å²) in [7, 11) is 0. The van der Waals surface area contributed by atoms with Gasteiger partial charge in [0.1, 0.15) is 0 Å². The molecule has 1 saturated carbocycles. The van der Waals surface area contributed by atoms with E-state index in [0.29, 0.717) is 12.5 Å². The molecule has 0 amide bonds. The molecule has 1 aliphatic carbocycles. The fourth-order valence-electron chi connectivity index (χ4n) is 3.11. The minimum Gasteiger partial charge on any atom is -0.376 e. The van der Waals surface area contributed by atoms with Crippen LogP contribution in [0, 0.1) is 5.92 Å². The second-order valence-corrected chi connectivity index (χ2v) is 5.77. The molecule has 106 valence electrons. The van der Waals surface area contributed by atoms with Gasteiger partial charge in [0.15, 0.2) is 0 Å². The number of benzene rings is 1. The molecule has 0 saturated heterocycles. The summed E-state index contributed by atoms with van der Waals surface area (Å²) in [6.07, 6.45) is 6.47. The van der Waals surface area contributed by atoms with E-state index in [2.05, 4.69) is 0 Å². The Kier molecular flexibility index (Phi) is 5.68. The highest BCUT2D eigenvalue weighted by Gasteiger charge is 2.30. The van der Waals surface area contributed by atoms with Crippen molar-refractivity contribution >= 4 is 11.6 Å². The van der Waals surface area contributed by atoms with Crippen LogP contribution >= 0.6 is 11.6 Å². The summed E-state index contributed by atoms with van der Waals surface area (Å²) in [4.78, 5) is 0. The molecule has 0 aliphatic heterocycles. The lowest BCUT2D eigenvalue weighted by atomic mass is 9.81. The van der Waals surface area contributed by atoms with Gasteiger partial charge in [-0.2, -0.15) is 0 Å². The van der Waals surface area contributed by atoms with E-state index in [9.17, 15) is 0 Å². The summed E-state index contributed by atoms with van der Waals surface area (Å²) in [5.41, 5.74) is 7.46. The molecule has 1 aliphatic rings. The molecule has 2 unspecified atom stereocenters. The number of ether oxygens (including phenoxy) is 1. The number of halogens is 1. The first kappa shape index (κ1) is 14.8. The molecule has 2 N–H and O–H groups in total. The molecule has 19 heavy (non-hydrogen) atoms. The van der Waals surface area contributed by atoms with Gasteiger partial charge < -0.3 is 10.5 Å². The van der Waals surface area contributed by atoms with E-state index < -0.39 is 0 Å². The van der Waals surface area contributed by atoms with Gasteiger partial charge in [0.2, 0.25) is 0 Å². The first-order valence-corrected chi connectivity index (χ1v) is 7.73. The molecule has 0 radical (unpaired) electrons. The van der Waals surface area contributed by atoms with E-state index >= 15 is 0 Å². The molecule has 0 bridgehead atoms. The van der Waals surface area contributed by atoms with E-state index in [1.807, 2.05) is 31.2 Å². The van der Waals surface area contributed by atoms with Crippen LogP contribution in [0.25, 0.3) is 0 Å². The van der Waals surface area contributed by atoms with Crippen molar-refractivity contribution in [3.8, 4) is 0 Å². The van der Waals surface area contributed by atoms with Gasteiger partial charge in [-0.25, -0.2) is 0 Å². The first-order chi connectivity index (χ1) is 9.24. The second kappa shape index (κ2) is 7.28. The van der Waals surface area contributed by atoms with Gasteiger partial charge in [0.05, 0.1) is 12.1 Å². The van der Waals surface area contributed by atoms with Crippen molar-refractivity contribution in [2.45, 2.75) is 51.2 Å². The first-order valence-electron chi connectivity index (χ1n) is 7.35. The maximum Gasteiger partial charge on any atom is 0.0796 e. The Hall–Kier alpha value is -0.570. The van der Waals surface area contributed by atoms with E-state index in [1.54, 1.807) is 0 Å². The van der Waals surface area contributed by atoms with Crippen LogP contribution in [0.3, 0.4) is 0 Å². The molecule has 1 aromatic rings. The van der Waals surface area contributed by atoms with Crippen molar-refractivity contribution in [1.82, 2.24) is 0 Å². The molecule has 1 fully saturated rings. The van der Waals surface area contributed by atoms with E-state index in [0.717, 1.165) is 10.6 Å². The fourth-order valence-corrected chi connectivity index (χ4v) is 3.37. The summed E-state index contributed by atoms with van der Waals surface area (Å²) < 4.78 is 5.97. The van der Waals surface area contributed by atoms with E-state index in [4.69, 9.17) is 22.1 Å². The zero-order valence-electron chi connectivity index (χ0n) is 11.6. The zero-order valence-corrected chi connectivity index (χ0v) is 12.4. The molecule has 3 heteroatoms. The SMILES string of the molecule is CCOC(C1CCCCC1)C(N)c1ccccc1Cl. The Morgan fingerprint density at radius 3 is 2.58 bits per heavy atom. The van der Waals surface area contributed by atoms with Gasteiger partial charge in [-0.15, -0.1) is 0 Å². The lowest BCUT2D eigenvalue weighted by molar-refractivity contribution is -0.00983. The number of rotatable bonds is 5. The van der Waals surface area contributed by atoms with Crippen molar-refractivity contribution in [3.63, 3.8) is 0 Å². The number of nitrogens with two attached hydrogens (primary N) is 1. The van der Waals surface area contributed by atoms with Gasteiger partial charge in [0, 0.05) is 11.6 Å². The standard InChI is InChI=1S/C16H24ClNO/c1-2-19-16(12-8-4-3-5-9-12)15(18)13-10-6-7-11-14(13)17/h6-7,10-12,15-16H,2-5,8-9,18H2,1H3. The average molecular weight is 282 g/mol. The van der Waals surface area contributed by atoms with Crippen LogP contribution in [-0.4, -0.2) is 12.7 Å². The summed E-state index contributed by atoms with van der Waals surface area (Å²) in [5, 5.41) is 0.746. The van der Waals surface area contributed by atoms with Crippen molar-refractivity contribution in [1.29, 1.82) is 0 Å². The minimum atomic E-state index is -0.128. The van der Waals surface area contributed by atoms with Crippen LogP contribution in [-0.2, 0) is 4.74 Å². The molecule has 2 nitrogen and oxygen atoms in total. The Balaban J connectivity index is 2.15. The van der Waals surface area contributed by atoms with Gasteiger partial charge >= 0.3 is 0 Å². The maximum atomic E-state index is 6.45. The van der Waals surface area contributed by atoms with Gasteiger partial charge in [0.25, 0.3) is 0 Å². The lowest BCUT2D eigenvalue weighted by Crippen LogP contribution is -2.36. The number of hydrogen-bond acceptors (Lipinski definition) is 2. The molecule has 0 spiro atoms. The molecule has 2 atom stereocenters.